The average Bonchev–Trinajstić information content (AvgIpc) is 4.19. The maximum absolute atomic E-state index is 14.1. The van der Waals surface area contributed by atoms with Gasteiger partial charge in [0.25, 0.3) is 11.8 Å². The van der Waals surface area contributed by atoms with Gasteiger partial charge < -0.3 is 49.7 Å². The number of amides is 4. The molecule has 70 heavy (non-hydrogen) atoms. The van der Waals surface area contributed by atoms with Gasteiger partial charge in [0, 0.05) is 60.6 Å². The molecule has 7 rings (SSSR count). The first kappa shape index (κ1) is 50.4. The molecule has 5 aromatic rings. The number of ether oxygens (including phenoxy) is 4. The van der Waals surface area contributed by atoms with Gasteiger partial charge in [-0.05, 0) is 118 Å². The minimum atomic E-state index is -0.677. The fraction of sp³-hybridized carbons (Fsp3) is 0.385. The predicted octanol–water partition coefficient (Wildman–Crippen LogP) is 7.03. The smallest absolute Gasteiger partial charge is 0.322 e. The van der Waals surface area contributed by atoms with Crippen LogP contribution in [0.1, 0.15) is 78.0 Å². The third kappa shape index (κ3) is 13.2. The molecule has 0 radical (unpaired) electrons. The summed E-state index contributed by atoms with van der Waals surface area (Å²) in [6, 6.07) is 17.2. The number of aryl methyl sites for hydroxylation is 1. The van der Waals surface area contributed by atoms with Gasteiger partial charge in [-0.25, -0.2) is 4.79 Å². The number of nitrogens with one attached hydrogen (secondary N) is 5. The molecule has 370 valence electrons. The first-order valence-electron chi connectivity index (χ1n) is 23.8. The van der Waals surface area contributed by atoms with E-state index in [0.29, 0.717) is 69.7 Å². The molecule has 4 heterocycles. The van der Waals surface area contributed by atoms with Crippen LogP contribution < -0.4 is 30.2 Å². The summed E-state index contributed by atoms with van der Waals surface area (Å²) < 4.78 is 22.9. The molecule has 1 fully saturated rings. The van der Waals surface area contributed by atoms with Gasteiger partial charge in [-0.3, -0.25) is 29.2 Å². The number of hydrogen-bond acceptors (Lipinski definition) is 12. The second-order valence-corrected chi connectivity index (χ2v) is 17.2. The van der Waals surface area contributed by atoms with Gasteiger partial charge in [0.05, 0.1) is 49.5 Å². The van der Waals surface area contributed by atoms with Crippen molar-refractivity contribution in [2.45, 2.75) is 59.9 Å². The van der Waals surface area contributed by atoms with Gasteiger partial charge in [0.1, 0.15) is 30.5 Å². The third-order valence-corrected chi connectivity index (χ3v) is 12.5. The summed E-state index contributed by atoms with van der Waals surface area (Å²) in [6.07, 6.45) is 6.97. The highest BCUT2D eigenvalue weighted by molar-refractivity contribution is 6.35. The van der Waals surface area contributed by atoms with Gasteiger partial charge in [-0.1, -0.05) is 32.0 Å². The first-order valence-corrected chi connectivity index (χ1v) is 23.8. The van der Waals surface area contributed by atoms with Crippen molar-refractivity contribution in [1.82, 2.24) is 35.2 Å². The van der Waals surface area contributed by atoms with E-state index < -0.39 is 18.0 Å². The lowest BCUT2D eigenvalue weighted by Gasteiger charge is -2.24. The van der Waals surface area contributed by atoms with Crippen LogP contribution in [0.4, 0.5) is 16.2 Å². The molecule has 0 saturated carbocycles. The zero-order valence-electron chi connectivity index (χ0n) is 40.6. The number of anilines is 2. The van der Waals surface area contributed by atoms with Crippen LogP contribution in [-0.4, -0.2) is 132 Å². The van der Waals surface area contributed by atoms with Crippen molar-refractivity contribution in [3.63, 3.8) is 0 Å². The highest BCUT2D eigenvalue weighted by Crippen LogP contribution is 2.37. The monoisotopic (exact) mass is 957 g/mol. The first-order chi connectivity index (χ1) is 33.9. The highest BCUT2D eigenvalue weighted by Gasteiger charge is 2.27. The van der Waals surface area contributed by atoms with Crippen molar-refractivity contribution in [2.75, 3.05) is 83.3 Å². The number of likely N-dealkylation sites (tertiary alicyclic amines) is 1. The Hall–Kier alpha value is -7.44. The number of carbonyl (C=O) groups excluding carboxylic acids is 5. The molecule has 0 bridgehead atoms. The Kier molecular flexibility index (Phi) is 17.4. The average molecular weight is 958 g/mol. The fourth-order valence-electron chi connectivity index (χ4n) is 8.52. The lowest BCUT2D eigenvalue weighted by Crippen LogP contribution is -2.37. The number of nitrogens with zero attached hydrogens (tertiary/aromatic N) is 4. The van der Waals surface area contributed by atoms with Crippen molar-refractivity contribution in [3.8, 4) is 28.4 Å². The molecule has 5 N–H and O–H groups in total. The van der Waals surface area contributed by atoms with Crippen molar-refractivity contribution >= 4 is 52.8 Å². The van der Waals surface area contributed by atoms with Crippen LogP contribution in [-0.2, 0) is 25.7 Å². The van der Waals surface area contributed by atoms with Crippen LogP contribution in [0, 0.1) is 13.8 Å². The summed E-state index contributed by atoms with van der Waals surface area (Å²) in [7, 11) is 1.57. The molecule has 0 spiro atoms. The minimum absolute atomic E-state index is 0.0300. The summed E-state index contributed by atoms with van der Waals surface area (Å²) in [5, 5.41) is 15.8. The van der Waals surface area contributed by atoms with Gasteiger partial charge in [-0.15, -0.1) is 0 Å². The summed E-state index contributed by atoms with van der Waals surface area (Å²) in [5.74, 6) is -0.552. The van der Waals surface area contributed by atoms with Crippen LogP contribution in [0.2, 0.25) is 0 Å². The van der Waals surface area contributed by atoms with Crippen molar-refractivity contribution in [2.24, 2.45) is 0 Å². The third-order valence-electron chi connectivity index (χ3n) is 12.5. The number of H-pyrrole nitrogens is 2. The molecule has 18 nitrogen and oxygen atoms in total. The maximum atomic E-state index is 14.1. The Balaban J connectivity index is 0.949. The van der Waals surface area contributed by atoms with E-state index in [2.05, 4.69) is 54.8 Å². The van der Waals surface area contributed by atoms with Gasteiger partial charge in [0.2, 0.25) is 0 Å². The van der Waals surface area contributed by atoms with Crippen molar-refractivity contribution in [1.29, 1.82) is 0 Å². The van der Waals surface area contributed by atoms with E-state index in [4.69, 9.17) is 18.9 Å². The molecule has 0 unspecified atom stereocenters. The number of urea groups is 1. The number of aromatic amines is 2. The fourth-order valence-corrected chi connectivity index (χ4v) is 8.52. The Morgan fingerprint density at radius 3 is 2.46 bits per heavy atom. The van der Waals surface area contributed by atoms with Gasteiger partial charge in [-0.2, -0.15) is 5.10 Å². The maximum Gasteiger partial charge on any atom is 0.322 e. The number of likely N-dealkylation sites (N-methyl/N-ethyl adjacent to an activating group) is 1. The predicted molar refractivity (Wildman–Crippen MR) is 267 cm³/mol. The normalized spacial score (nSPS) is 13.8. The summed E-state index contributed by atoms with van der Waals surface area (Å²) in [4.78, 5) is 75.8. The van der Waals surface area contributed by atoms with Crippen molar-refractivity contribution in [3.05, 3.63) is 107 Å². The lowest BCUT2D eigenvalue weighted by atomic mass is 10.0. The Morgan fingerprint density at radius 2 is 1.70 bits per heavy atom. The zero-order valence-corrected chi connectivity index (χ0v) is 40.6. The molecule has 0 atom stereocenters. The van der Waals surface area contributed by atoms with Crippen LogP contribution in [0.5, 0.6) is 17.2 Å². The summed E-state index contributed by atoms with van der Waals surface area (Å²) in [6.45, 7) is 14.2. The largest absolute Gasteiger partial charge is 0.497 e. The number of fused-ring (bicyclic) bond motifs is 1. The van der Waals surface area contributed by atoms with E-state index in [1.807, 2.05) is 50.2 Å². The molecule has 2 aliphatic heterocycles. The number of rotatable bonds is 23. The molecule has 4 amide bonds. The van der Waals surface area contributed by atoms with E-state index >= 15 is 0 Å². The SMILES string of the molecule is CCN(CC)CCNC(=O)c1c(C)[nH]c(/C=C2\C(=O)Nc3ccc(OC(=O)CCC(=O)OCCN(Cc4cccc(OC)c4)C(=O)Nc4ccc(-c5cn[nH]c5)cc4OCCN4CCCC4)cc32)c1C. The van der Waals surface area contributed by atoms with E-state index in [1.54, 1.807) is 49.8 Å². The van der Waals surface area contributed by atoms with E-state index in [9.17, 15) is 24.0 Å². The molecule has 2 aromatic heterocycles. The van der Waals surface area contributed by atoms with Crippen LogP contribution in [0.15, 0.2) is 73.1 Å². The number of hydrogen-bond donors (Lipinski definition) is 5. The summed E-state index contributed by atoms with van der Waals surface area (Å²) in [5.41, 5.74) is 6.89. The molecule has 1 saturated heterocycles. The molecule has 3 aromatic carbocycles. The van der Waals surface area contributed by atoms with E-state index in [-0.39, 0.29) is 50.1 Å². The lowest BCUT2D eigenvalue weighted by molar-refractivity contribution is -0.147. The standard InChI is InChI=1S/C52H63N9O9/c1-6-59(7-2)22-19-53-51(65)49-34(3)45(56-35(49)4)30-42-41-29-40(14-16-43(41)57-50(42)64)70-48(63)18-17-47(62)69-26-24-61(33-36-11-10-12-39(27-36)67-5)52(66)58-44-15-13-37(38-31-54-55-32-38)28-46(44)68-25-23-60-20-8-9-21-60/h10-16,27-32,56H,6-9,17-26,33H2,1-5H3,(H,53,65)(H,54,55)(H,57,64)(H,58,66)/b42-30-. The number of methoxy groups -OCH3 is 1. The molecular formula is C52H63N9O9. The van der Waals surface area contributed by atoms with E-state index in [1.165, 1.54) is 17.7 Å². The Bertz CT molecular complexity index is 2670. The Labute approximate surface area is 408 Å². The Morgan fingerprint density at radius 1 is 0.900 bits per heavy atom. The molecule has 2 aliphatic rings. The van der Waals surface area contributed by atoms with Crippen LogP contribution in [0.25, 0.3) is 22.8 Å². The number of carbonyl (C=O) groups is 5. The van der Waals surface area contributed by atoms with Crippen LogP contribution >= 0.6 is 0 Å². The second kappa shape index (κ2) is 24.2. The minimum Gasteiger partial charge on any atom is -0.497 e. The molecular weight excluding hydrogens is 895 g/mol. The van der Waals surface area contributed by atoms with Crippen LogP contribution in [0.3, 0.4) is 0 Å². The van der Waals surface area contributed by atoms with E-state index in [0.717, 1.165) is 56.0 Å². The van der Waals surface area contributed by atoms with Crippen molar-refractivity contribution < 1.29 is 42.9 Å². The second-order valence-electron chi connectivity index (χ2n) is 17.2. The number of aromatic nitrogens is 3. The number of benzene rings is 3. The summed E-state index contributed by atoms with van der Waals surface area (Å²) >= 11 is 0. The van der Waals surface area contributed by atoms with Gasteiger partial charge >= 0.3 is 18.0 Å². The van der Waals surface area contributed by atoms with Gasteiger partial charge in [0.15, 0.2) is 0 Å². The molecule has 18 heteroatoms. The highest BCUT2D eigenvalue weighted by atomic mass is 16.5. The number of esters is 2. The zero-order chi connectivity index (χ0) is 49.6. The molecule has 0 aliphatic carbocycles. The quantitative estimate of drug-likeness (QED) is 0.0254. The topological polar surface area (TPSA) is 213 Å².